The van der Waals surface area contributed by atoms with Gasteiger partial charge in [-0.15, -0.1) is 6.42 Å². The standard InChI is InChI=1S/C22H27ClN2O3S/c1-4-13-25-29(26,27)21-9-6-18(7-10-21)12-14-24-16-19-15-20(23)8-11-22(19)28-17(3)5-2/h1,6-11,15,17,24-25H,5,12-14,16H2,2-3H3. The van der Waals surface area contributed by atoms with Crippen LogP contribution in [0, 0.1) is 12.3 Å². The third kappa shape index (κ3) is 7.37. The lowest BCUT2D eigenvalue weighted by molar-refractivity contribution is 0.215. The van der Waals surface area contributed by atoms with Gasteiger partial charge in [0.25, 0.3) is 0 Å². The van der Waals surface area contributed by atoms with Gasteiger partial charge in [0.15, 0.2) is 0 Å². The summed E-state index contributed by atoms with van der Waals surface area (Å²) in [5.74, 6) is 3.10. The van der Waals surface area contributed by atoms with E-state index in [-0.39, 0.29) is 17.5 Å². The van der Waals surface area contributed by atoms with Crippen molar-refractivity contribution in [1.82, 2.24) is 10.0 Å². The molecule has 0 bridgehead atoms. The number of terminal acetylenes is 1. The molecule has 0 fully saturated rings. The smallest absolute Gasteiger partial charge is 0.241 e. The van der Waals surface area contributed by atoms with Crippen molar-refractivity contribution in [3.05, 3.63) is 58.6 Å². The molecular formula is C22H27ClN2O3S. The van der Waals surface area contributed by atoms with Crippen molar-refractivity contribution < 1.29 is 13.2 Å². The monoisotopic (exact) mass is 434 g/mol. The second-order valence-electron chi connectivity index (χ2n) is 6.69. The number of nitrogens with one attached hydrogen (secondary N) is 2. The molecule has 7 heteroatoms. The number of ether oxygens (including phenoxy) is 1. The third-order valence-corrected chi connectivity index (χ3v) is 6.08. The maximum atomic E-state index is 12.0. The Morgan fingerprint density at radius 3 is 2.59 bits per heavy atom. The Morgan fingerprint density at radius 1 is 1.21 bits per heavy atom. The second kappa shape index (κ2) is 11.2. The van der Waals surface area contributed by atoms with E-state index in [1.165, 1.54) is 0 Å². The summed E-state index contributed by atoms with van der Waals surface area (Å²) in [6.07, 6.45) is 6.93. The summed E-state index contributed by atoms with van der Waals surface area (Å²) >= 11 is 6.13. The van der Waals surface area contributed by atoms with Gasteiger partial charge in [-0.05, 0) is 62.2 Å². The maximum absolute atomic E-state index is 12.0. The van der Waals surface area contributed by atoms with E-state index in [4.69, 9.17) is 22.8 Å². The Hall–Kier alpha value is -2.04. The Balaban J connectivity index is 1.90. The largest absolute Gasteiger partial charge is 0.490 e. The highest BCUT2D eigenvalue weighted by Crippen LogP contribution is 2.24. The molecule has 0 spiro atoms. The zero-order chi connectivity index (χ0) is 21.3. The van der Waals surface area contributed by atoms with Crippen molar-refractivity contribution in [3.63, 3.8) is 0 Å². The molecule has 0 aliphatic carbocycles. The maximum Gasteiger partial charge on any atom is 0.241 e. The molecule has 0 aliphatic heterocycles. The first-order chi connectivity index (χ1) is 13.9. The molecule has 1 unspecified atom stereocenters. The number of sulfonamides is 1. The highest BCUT2D eigenvalue weighted by Gasteiger charge is 2.12. The van der Waals surface area contributed by atoms with Gasteiger partial charge in [0, 0.05) is 17.1 Å². The molecule has 2 rings (SSSR count). The Morgan fingerprint density at radius 2 is 1.93 bits per heavy atom. The Bertz CT molecular complexity index is 938. The van der Waals surface area contributed by atoms with Gasteiger partial charge in [-0.3, -0.25) is 0 Å². The summed E-state index contributed by atoms with van der Waals surface area (Å²) < 4.78 is 32.4. The summed E-state index contributed by atoms with van der Waals surface area (Å²) in [5, 5.41) is 4.06. The number of halogens is 1. The summed E-state index contributed by atoms with van der Waals surface area (Å²) in [6, 6.07) is 12.4. The van der Waals surface area contributed by atoms with E-state index in [1.54, 1.807) is 12.1 Å². The average Bonchev–Trinajstić information content (AvgIpc) is 2.71. The van der Waals surface area contributed by atoms with E-state index in [9.17, 15) is 8.42 Å². The van der Waals surface area contributed by atoms with Crippen LogP contribution in [0.4, 0.5) is 0 Å². The van der Waals surface area contributed by atoms with E-state index < -0.39 is 10.0 Å². The molecule has 2 aromatic carbocycles. The van der Waals surface area contributed by atoms with Crippen molar-refractivity contribution in [3.8, 4) is 18.1 Å². The van der Waals surface area contributed by atoms with Gasteiger partial charge >= 0.3 is 0 Å². The lowest BCUT2D eigenvalue weighted by Crippen LogP contribution is -2.23. The summed E-state index contributed by atoms with van der Waals surface area (Å²) in [5.41, 5.74) is 2.05. The van der Waals surface area contributed by atoms with Crippen LogP contribution in [0.25, 0.3) is 0 Å². The molecule has 1 atom stereocenters. The van der Waals surface area contributed by atoms with Crippen molar-refractivity contribution in [2.75, 3.05) is 13.1 Å². The highest BCUT2D eigenvalue weighted by molar-refractivity contribution is 7.89. The van der Waals surface area contributed by atoms with Crippen LogP contribution in [0.3, 0.4) is 0 Å². The summed E-state index contributed by atoms with van der Waals surface area (Å²) in [6.45, 7) is 5.46. The van der Waals surface area contributed by atoms with Crippen LogP contribution < -0.4 is 14.8 Å². The lowest BCUT2D eigenvalue weighted by Gasteiger charge is -2.17. The van der Waals surface area contributed by atoms with Crippen LogP contribution in [0.1, 0.15) is 31.4 Å². The highest BCUT2D eigenvalue weighted by atomic mass is 35.5. The minimum atomic E-state index is -3.56. The molecule has 0 saturated heterocycles. The quantitative estimate of drug-likeness (QED) is 0.417. The van der Waals surface area contributed by atoms with Crippen molar-refractivity contribution in [1.29, 1.82) is 0 Å². The molecule has 0 saturated carbocycles. The third-order valence-electron chi connectivity index (χ3n) is 4.43. The van der Waals surface area contributed by atoms with Crippen molar-refractivity contribution in [2.45, 2.75) is 44.2 Å². The molecule has 0 aromatic heterocycles. The van der Waals surface area contributed by atoms with E-state index in [0.717, 1.165) is 36.3 Å². The molecule has 2 aromatic rings. The Kier molecular flexibility index (Phi) is 8.99. The molecule has 0 heterocycles. The molecule has 2 N–H and O–H groups in total. The van der Waals surface area contributed by atoms with Gasteiger partial charge in [-0.25, -0.2) is 8.42 Å². The van der Waals surface area contributed by atoms with Crippen LogP contribution >= 0.6 is 11.6 Å². The van der Waals surface area contributed by atoms with Gasteiger partial charge in [0.1, 0.15) is 5.75 Å². The molecule has 0 amide bonds. The van der Waals surface area contributed by atoms with Crippen LogP contribution in [0.15, 0.2) is 47.4 Å². The predicted octanol–water partition coefficient (Wildman–Crippen LogP) is 3.76. The molecule has 0 radical (unpaired) electrons. The molecule has 0 aliphatic rings. The second-order valence-corrected chi connectivity index (χ2v) is 8.89. The van der Waals surface area contributed by atoms with Gasteiger partial charge in [-0.1, -0.05) is 36.6 Å². The van der Waals surface area contributed by atoms with E-state index in [1.807, 2.05) is 37.3 Å². The fourth-order valence-corrected chi connectivity index (χ4v) is 3.74. The predicted molar refractivity (Wildman–Crippen MR) is 118 cm³/mol. The van der Waals surface area contributed by atoms with Gasteiger partial charge in [0.2, 0.25) is 10.0 Å². The zero-order valence-electron chi connectivity index (χ0n) is 16.7. The first-order valence-corrected chi connectivity index (χ1v) is 11.4. The van der Waals surface area contributed by atoms with Crippen molar-refractivity contribution >= 4 is 21.6 Å². The number of benzene rings is 2. The zero-order valence-corrected chi connectivity index (χ0v) is 18.3. The number of hydrogen-bond donors (Lipinski definition) is 2. The fraction of sp³-hybridized carbons (Fsp3) is 0.364. The normalized spacial score (nSPS) is 12.3. The molecule has 5 nitrogen and oxygen atoms in total. The van der Waals surface area contributed by atoms with Crippen LogP contribution in [-0.2, 0) is 23.0 Å². The molecular weight excluding hydrogens is 408 g/mol. The fourth-order valence-electron chi connectivity index (χ4n) is 2.61. The SMILES string of the molecule is C#CCNS(=O)(=O)c1ccc(CCNCc2cc(Cl)ccc2OC(C)CC)cc1. The molecule has 156 valence electrons. The number of hydrogen-bond acceptors (Lipinski definition) is 4. The van der Waals surface area contributed by atoms with Crippen molar-refractivity contribution in [2.24, 2.45) is 0 Å². The summed E-state index contributed by atoms with van der Waals surface area (Å²) in [7, 11) is -3.56. The van der Waals surface area contributed by atoms with Crippen LogP contribution in [0.5, 0.6) is 5.75 Å². The van der Waals surface area contributed by atoms with Crippen LogP contribution in [-0.4, -0.2) is 27.6 Å². The average molecular weight is 435 g/mol. The van der Waals surface area contributed by atoms with Crippen LogP contribution in [0.2, 0.25) is 5.02 Å². The first kappa shape index (κ1) is 23.2. The first-order valence-electron chi connectivity index (χ1n) is 9.53. The van der Waals surface area contributed by atoms with E-state index in [0.29, 0.717) is 11.6 Å². The van der Waals surface area contributed by atoms with Gasteiger partial charge in [-0.2, -0.15) is 4.72 Å². The topological polar surface area (TPSA) is 67.4 Å². The van der Waals surface area contributed by atoms with Gasteiger partial charge in [0.05, 0.1) is 17.5 Å². The minimum absolute atomic E-state index is 0.0275. The lowest BCUT2D eigenvalue weighted by atomic mass is 10.1. The minimum Gasteiger partial charge on any atom is -0.490 e. The van der Waals surface area contributed by atoms with E-state index >= 15 is 0 Å². The summed E-state index contributed by atoms with van der Waals surface area (Å²) in [4.78, 5) is 0.204. The Labute approximate surface area is 178 Å². The van der Waals surface area contributed by atoms with Gasteiger partial charge < -0.3 is 10.1 Å². The van der Waals surface area contributed by atoms with E-state index in [2.05, 4.69) is 22.9 Å². The number of rotatable bonds is 11. The molecule has 29 heavy (non-hydrogen) atoms.